The predicted molar refractivity (Wildman–Crippen MR) is 104 cm³/mol. The molecule has 4 aliphatic carbocycles. The van der Waals surface area contributed by atoms with Gasteiger partial charge in [-0.05, 0) is 79.5 Å². The molecule has 4 heteroatoms. The SMILES string of the molecule is NC(=S)NC(CC(=O)CC12CC3CC(CC(C3)C1)C2)c1ccccc1. The van der Waals surface area contributed by atoms with Crippen LogP contribution in [0.15, 0.2) is 30.3 Å². The van der Waals surface area contributed by atoms with Crippen molar-refractivity contribution in [2.24, 2.45) is 28.9 Å². The standard InChI is InChI=1S/C21H28N2OS/c22-20(25)23-19(17-4-2-1-3-5-17)9-18(24)13-21-10-14-6-15(11-21)8-16(7-14)12-21/h1-5,14-16,19H,6-13H2,(H3,22,23,25). The average Bonchev–Trinajstić information content (AvgIpc) is 2.52. The van der Waals surface area contributed by atoms with Crippen LogP contribution < -0.4 is 11.1 Å². The molecule has 4 saturated carbocycles. The van der Waals surface area contributed by atoms with Gasteiger partial charge in [-0.1, -0.05) is 30.3 Å². The summed E-state index contributed by atoms with van der Waals surface area (Å²) in [5, 5.41) is 3.38. The number of carbonyl (C=O) groups excluding carboxylic acids is 1. The molecule has 1 unspecified atom stereocenters. The molecule has 25 heavy (non-hydrogen) atoms. The summed E-state index contributed by atoms with van der Waals surface area (Å²) in [6.45, 7) is 0. The third-order valence-electron chi connectivity index (χ3n) is 6.69. The summed E-state index contributed by atoms with van der Waals surface area (Å²) in [6, 6.07) is 9.93. The number of hydrogen-bond acceptors (Lipinski definition) is 2. The van der Waals surface area contributed by atoms with Crippen molar-refractivity contribution in [3.8, 4) is 0 Å². The smallest absolute Gasteiger partial charge is 0.164 e. The first-order valence-electron chi connectivity index (χ1n) is 9.64. The summed E-state index contributed by atoms with van der Waals surface area (Å²) >= 11 is 5.03. The molecule has 4 bridgehead atoms. The van der Waals surface area contributed by atoms with Crippen LogP contribution in [-0.2, 0) is 4.79 Å². The van der Waals surface area contributed by atoms with Crippen LogP contribution in [0.25, 0.3) is 0 Å². The molecule has 0 radical (unpaired) electrons. The van der Waals surface area contributed by atoms with Gasteiger partial charge in [-0.2, -0.15) is 0 Å². The second-order valence-electron chi connectivity index (χ2n) is 8.81. The van der Waals surface area contributed by atoms with Crippen LogP contribution in [0.5, 0.6) is 0 Å². The quantitative estimate of drug-likeness (QED) is 0.753. The van der Waals surface area contributed by atoms with E-state index < -0.39 is 0 Å². The Kier molecular flexibility index (Phi) is 4.57. The third-order valence-corrected chi connectivity index (χ3v) is 6.81. The summed E-state index contributed by atoms with van der Waals surface area (Å²) in [7, 11) is 0. The van der Waals surface area contributed by atoms with E-state index in [4.69, 9.17) is 18.0 Å². The van der Waals surface area contributed by atoms with Gasteiger partial charge in [0.05, 0.1) is 6.04 Å². The molecule has 0 aromatic heterocycles. The maximum Gasteiger partial charge on any atom is 0.164 e. The highest BCUT2D eigenvalue weighted by Gasteiger charge is 2.51. The molecule has 0 amide bonds. The Labute approximate surface area is 155 Å². The Bertz CT molecular complexity index is 622. The fraction of sp³-hybridized carbons (Fsp3) is 0.619. The second kappa shape index (κ2) is 6.71. The van der Waals surface area contributed by atoms with Gasteiger partial charge in [0, 0.05) is 12.8 Å². The van der Waals surface area contributed by atoms with Gasteiger partial charge in [-0.25, -0.2) is 0 Å². The van der Waals surface area contributed by atoms with Crippen LogP contribution in [0.4, 0.5) is 0 Å². The minimum atomic E-state index is -0.111. The van der Waals surface area contributed by atoms with Crippen LogP contribution in [-0.4, -0.2) is 10.9 Å². The van der Waals surface area contributed by atoms with Gasteiger partial charge >= 0.3 is 0 Å². The van der Waals surface area contributed by atoms with E-state index in [1.807, 2.05) is 30.3 Å². The molecule has 0 aliphatic heterocycles. The summed E-state index contributed by atoms with van der Waals surface area (Å²) in [6.07, 6.45) is 9.33. The van der Waals surface area contributed by atoms with Crippen molar-refractivity contribution in [3.05, 3.63) is 35.9 Å². The molecule has 1 aromatic carbocycles. The minimum Gasteiger partial charge on any atom is -0.376 e. The maximum atomic E-state index is 13.0. The van der Waals surface area contributed by atoms with E-state index in [2.05, 4.69) is 5.32 Å². The number of thiocarbonyl (C=S) groups is 1. The monoisotopic (exact) mass is 356 g/mol. The van der Waals surface area contributed by atoms with E-state index in [0.29, 0.717) is 17.6 Å². The molecule has 4 fully saturated rings. The van der Waals surface area contributed by atoms with Crippen molar-refractivity contribution >= 4 is 23.1 Å². The zero-order valence-corrected chi connectivity index (χ0v) is 15.6. The normalized spacial score (nSPS) is 33.8. The molecule has 0 saturated heterocycles. The zero-order valence-electron chi connectivity index (χ0n) is 14.7. The van der Waals surface area contributed by atoms with E-state index in [-0.39, 0.29) is 11.2 Å². The van der Waals surface area contributed by atoms with Gasteiger partial charge in [0.25, 0.3) is 0 Å². The number of hydrogen-bond donors (Lipinski definition) is 2. The molecule has 1 aromatic rings. The van der Waals surface area contributed by atoms with E-state index >= 15 is 0 Å². The topological polar surface area (TPSA) is 55.1 Å². The number of Topliss-reactive ketones (excluding diaryl/α,β-unsaturated/α-hetero) is 1. The van der Waals surface area contributed by atoms with Crippen molar-refractivity contribution in [1.29, 1.82) is 0 Å². The van der Waals surface area contributed by atoms with Gasteiger partial charge in [-0.15, -0.1) is 0 Å². The fourth-order valence-corrected chi connectivity index (χ4v) is 6.48. The van der Waals surface area contributed by atoms with E-state index in [9.17, 15) is 4.79 Å². The van der Waals surface area contributed by atoms with Crippen LogP contribution in [0, 0.1) is 23.2 Å². The molecule has 0 heterocycles. The Balaban J connectivity index is 1.44. The van der Waals surface area contributed by atoms with Crippen molar-refractivity contribution in [1.82, 2.24) is 5.32 Å². The molecule has 0 spiro atoms. The largest absolute Gasteiger partial charge is 0.376 e. The van der Waals surface area contributed by atoms with Gasteiger partial charge in [0.2, 0.25) is 0 Å². The van der Waals surface area contributed by atoms with Crippen LogP contribution in [0.2, 0.25) is 0 Å². The Morgan fingerprint density at radius 2 is 1.68 bits per heavy atom. The Morgan fingerprint density at radius 1 is 1.12 bits per heavy atom. The van der Waals surface area contributed by atoms with E-state index in [0.717, 1.165) is 29.7 Å². The number of nitrogens with one attached hydrogen (secondary N) is 1. The lowest BCUT2D eigenvalue weighted by Gasteiger charge is -2.56. The minimum absolute atomic E-state index is 0.111. The summed E-state index contributed by atoms with van der Waals surface area (Å²) in [4.78, 5) is 13.0. The second-order valence-corrected chi connectivity index (χ2v) is 9.25. The first kappa shape index (κ1) is 17.0. The highest BCUT2D eigenvalue weighted by Crippen LogP contribution is 2.61. The molecular formula is C21H28N2OS. The molecule has 3 nitrogen and oxygen atoms in total. The number of rotatable bonds is 6. The molecule has 134 valence electrons. The fourth-order valence-electron chi connectivity index (χ4n) is 6.33. The zero-order chi connectivity index (χ0) is 17.4. The maximum absolute atomic E-state index is 13.0. The van der Waals surface area contributed by atoms with Crippen LogP contribution >= 0.6 is 12.2 Å². The number of benzene rings is 1. The van der Waals surface area contributed by atoms with Crippen molar-refractivity contribution < 1.29 is 4.79 Å². The number of nitrogens with two attached hydrogens (primary N) is 1. The molecule has 1 atom stereocenters. The predicted octanol–water partition coefficient (Wildman–Crippen LogP) is 4.13. The lowest BCUT2D eigenvalue weighted by molar-refractivity contribution is -0.127. The highest BCUT2D eigenvalue weighted by molar-refractivity contribution is 7.80. The molecular weight excluding hydrogens is 328 g/mol. The summed E-state index contributed by atoms with van der Waals surface area (Å²) in [5.41, 5.74) is 7.08. The molecule has 4 aliphatic rings. The summed E-state index contributed by atoms with van der Waals surface area (Å²) < 4.78 is 0. The number of carbonyl (C=O) groups is 1. The van der Waals surface area contributed by atoms with Crippen LogP contribution in [0.1, 0.15) is 63.0 Å². The lowest BCUT2D eigenvalue weighted by Crippen LogP contribution is -2.47. The van der Waals surface area contributed by atoms with Crippen molar-refractivity contribution in [3.63, 3.8) is 0 Å². The average molecular weight is 357 g/mol. The lowest BCUT2D eigenvalue weighted by atomic mass is 9.48. The van der Waals surface area contributed by atoms with Gasteiger partial charge in [0.15, 0.2) is 5.11 Å². The Hall–Kier alpha value is -1.42. The number of ketones is 1. The molecule has 5 rings (SSSR count). The van der Waals surface area contributed by atoms with Crippen molar-refractivity contribution in [2.75, 3.05) is 0 Å². The summed E-state index contributed by atoms with van der Waals surface area (Å²) in [5.74, 6) is 3.02. The highest BCUT2D eigenvalue weighted by atomic mass is 32.1. The Morgan fingerprint density at radius 3 is 2.20 bits per heavy atom. The third kappa shape index (κ3) is 3.74. The van der Waals surface area contributed by atoms with E-state index in [1.54, 1.807) is 0 Å². The van der Waals surface area contributed by atoms with Gasteiger partial charge < -0.3 is 11.1 Å². The van der Waals surface area contributed by atoms with Crippen molar-refractivity contribution in [2.45, 2.75) is 57.4 Å². The first-order chi connectivity index (χ1) is 12.0. The van der Waals surface area contributed by atoms with E-state index in [1.165, 1.54) is 38.5 Å². The first-order valence-corrected chi connectivity index (χ1v) is 10.0. The van der Waals surface area contributed by atoms with Crippen LogP contribution in [0.3, 0.4) is 0 Å². The van der Waals surface area contributed by atoms with Gasteiger partial charge in [0.1, 0.15) is 5.78 Å². The molecule has 3 N–H and O–H groups in total. The van der Waals surface area contributed by atoms with Gasteiger partial charge in [-0.3, -0.25) is 4.79 Å².